The van der Waals surface area contributed by atoms with Gasteiger partial charge >= 0.3 is 0 Å². The highest BCUT2D eigenvalue weighted by Gasteiger charge is 2.19. The third-order valence-corrected chi connectivity index (χ3v) is 4.94. The first-order valence-electron chi connectivity index (χ1n) is 5.21. The largest absolute Gasteiger partial charge is 0.328 e. The molecule has 5 heteroatoms. The molecule has 0 radical (unpaired) electrons. The summed E-state index contributed by atoms with van der Waals surface area (Å²) in [5.74, 6) is 1.12. The Balaban J connectivity index is 2.39. The molecule has 2 heterocycles. The predicted molar refractivity (Wildman–Crippen MR) is 70.4 cm³/mol. The second-order valence-electron chi connectivity index (χ2n) is 3.99. The molecule has 0 saturated heterocycles. The predicted octanol–water partition coefficient (Wildman–Crippen LogP) is 4.44. The van der Waals surface area contributed by atoms with Crippen LogP contribution in [0.3, 0.4) is 0 Å². The van der Waals surface area contributed by atoms with Crippen molar-refractivity contribution in [3.63, 3.8) is 0 Å². The lowest BCUT2D eigenvalue weighted by Crippen LogP contribution is -2.09. The van der Waals surface area contributed by atoms with E-state index in [1.165, 1.54) is 12.8 Å². The zero-order valence-electron chi connectivity index (χ0n) is 8.43. The first-order chi connectivity index (χ1) is 7.68. The van der Waals surface area contributed by atoms with Gasteiger partial charge in [-0.2, -0.15) is 0 Å². The standard InChI is InChI=1S/C11H9BrCl2N2/c12-9-6(13)5-7-11(10(9)14)15-8-3-1-2-4-16(7)8/h5H,1-4H2. The summed E-state index contributed by atoms with van der Waals surface area (Å²) in [5.41, 5.74) is 1.91. The van der Waals surface area contributed by atoms with Crippen LogP contribution in [0.4, 0.5) is 0 Å². The van der Waals surface area contributed by atoms with E-state index in [9.17, 15) is 0 Å². The average Bonchev–Trinajstić information content (AvgIpc) is 2.65. The third kappa shape index (κ3) is 1.49. The minimum Gasteiger partial charge on any atom is -0.328 e. The molecule has 1 aromatic carbocycles. The van der Waals surface area contributed by atoms with E-state index in [1.807, 2.05) is 6.07 Å². The normalized spacial score (nSPS) is 15.4. The van der Waals surface area contributed by atoms with E-state index < -0.39 is 0 Å². The van der Waals surface area contributed by atoms with Crippen LogP contribution in [0.2, 0.25) is 10.0 Å². The minimum absolute atomic E-state index is 0.615. The van der Waals surface area contributed by atoms with Gasteiger partial charge in [0.05, 0.1) is 20.0 Å². The topological polar surface area (TPSA) is 17.8 Å². The molecule has 0 bridgehead atoms. The van der Waals surface area contributed by atoms with Gasteiger partial charge in [0.2, 0.25) is 0 Å². The summed E-state index contributed by atoms with van der Waals surface area (Å²) in [6.45, 7) is 1.01. The van der Waals surface area contributed by atoms with Gasteiger partial charge in [0, 0.05) is 13.0 Å². The van der Waals surface area contributed by atoms with Crippen molar-refractivity contribution >= 4 is 50.2 Å². The first kappa shape index (κ1) is 10.9. The molecule has 0 N–H and O–H groups in total. The van der Waals surface area contributed by atoms with Gasteiger partial charge in [-0.1, -0.05) is 23.2 Å². The molecule has 3 rings (SSSR count). The summed E-state index contributed by atoms with van der Waals surface area (Å²) < 4.78 is 2.96. The lowest BCUT2D eigenvalue weighted by atomic mass is 10.2. The fourth-order valence-corrected chi connectivity index (χ4v) is 3.00. The van der Waals surface area contributed by atoms with Crippen molar-refractivity contribution in [3.8, 4) is 0 Å². The van der Waals surface area contributed by atoms with Crippen molar-refractivity contribution in [3.05, 3.63) is 26.4 Å². The monoisotopic (exact) mass is 318 g/mol. The Bertz CT molecular complexity index is 577. The summed E-state index contributed by atoms with van der Waals surface area (Å²) in [7, 11) is 0. The number of hydrogen-bond donors (Lipinski definition) is 0. The van der Waals surface area contributed by atoms with Crippen LogP contribution in [0.15, 0.2) is 10.5 Å². The number of fused-ring (bicyclic) bond motifs is 3. The molecule has 2 nitrogen and oxygen atoms in total. The van der Waals surface area contributed by atoms with E-state index in [-0.39, 0.29) is 0 Å². The Morgan fingerprint density at radius 1 is 1.31 bits per heavy atom. The van der Waals surface area contributed by atoms with Gasteiger partial charge in [-0.25, -0.2) is 4.98 Å². The van der Waals surface area contributed by atoms with E-state index >= 15 is 0 Å². The van der Waals surface area contributed by atoms with Crippen LogP contribution in [-0.2, 0) is 13.0 Å². The molecule has 0 aliphatic carbocycles. The Morgan fingerprint density at radius 2 is 2.12 bits per heavy atom. The maximum atomic E-state index is 6.24. The molecule has 2 aromatic rings. The highest BCUT2D eigenvalue weighted by Crippen LogP contribution is 2.37. The van der Waals surface area contributed by atoms with Gasteiger partial charge in [0.1, 0.15) is 11.3 Å². The number of aromatic nitrogens is 2. The van der Waals surface area contributed by atoms with E-state index in [4.69, 9.17) is 23.2 Å². The fourth-order valence-electron chi connectivity index (χ4n) is 2.21. The lowest BCUT2D eigenvalue weighted by Gasteiger charge is -2.14. The van der Waals surface area contributed by atoms with Gasteiger partial charge in [0.15, 0.2) is 0 Å². The molecule has 1 aliphatic heterocycles. The first-order valence-corrected chi connectivity index (χ1v) is 6.76. The van der Waals surface area contributed by atoms with Gasteiger partial charge in [-0.05, 0) is 34.8 Å². The highest BCUT2D eigenvalue weighted by atomic mass is 79.9. The molecule has 16 heavy (non-hydrogen) atoms. The second-order valence-corrected chi connectivity index (χ2v) is 5.57. The summed E-state index contributed by atoms with van der Waals surface area (Å²) in [5, 5.41) is 1.26. The van der Waals surface area contributed by atoms with E-state index in [2.05, 4.69) is 25.5 Å². The van der Waals surface area contributed by atoms with Gasteiger partial charge in [-0.3, -0.25) is 0 Å². The van der Waals surface area contributed by atoms with Crippen molar-refractivity contribution in [1.29, 1.82) is 0 Å². The average molecular weight is 320 g/mol. The minimum atomic E-state index is 0.615. The molecule has 0 amide bonds. The van der Waals surface area contributed by atoms with Crippen LogP contribution in [0.1, 0.15) is 18.7 Å². The summed E-state index contributed by atoms with van der Waals surface area (Å²) in [4.78, 5) is 4.60. The molecule has 0 unspecified atom stereocenters. The zero-order valence-corrected chi connectivity index (χ0v) is 11.5. The molecule has 0 fully saturated rings. The van der Waals surface area contributed by atoms with Crippen LogP contribution >= 0.6 is 39.1 Å². The van der Waals surface area contributed by atoms with Crippen molar-refractivity contribution in [2.45, 2.75) is 25.8 Å². The molecule has 1 aliphatic rings. The van der Waals surface area contributed by atoms with Crippen LogP contribution in [0.5, 0.6) is 0 Å². The Kier molecular flexibility index (Phi) is 2.65. The Labute approximate surface area is 112 Å². The molecule has 0 atom stereocenters. The smallest absolute Gasteiger partial charge is 0.109 e. The highest BCUT2D eigenvalue weighted by molar-refractivity contribution is 9.10. The third-order valence-electron chi connectivity index (χ3n) is 2.99. The quantitative estimate of drug-likeness (QED) is 0.656. The van der Waals surface area contributed by atoms with E-state index in [1.54, 1.807) is 0 Å². The molecule has 0 saturated carbocycles. The lowest BCUT2D eigenvalue weighted by molar-refractivity contribution is 0.533. The maximum absolute atomic E-state index is 6.24. The van der Waals surface area contributed by atoms with E-state index in [0.717, 1.165) is 34.3 Å². The number of hydrogen-bond acceptors (Lipinski definition) is 1. The fraction of sp³-hybridized carbons (Fsp3) is 0.364. The zero-order chi connectivity index (χ0) is 11.3. The molecular formula is C11H9BrCl2N2. The van der Waals surface area contributed by atoms with Gasteiger partial charge < -0.3 is 4.57 Å². The van der Waals surface area contributed by atoms with Crippen LogP contribution in [0, 0.1) is 0 Å². The molecule has 1 aromatic heterocycles. The summed E-state index contributed by atoms with van der Waals surface area (Å²) in [6.07, 6.45) is 3.43. The van der Waals surface area contributed by atoms with Gasteiger partial charge in [0.25, 0.3) is 0 Å². The maximum Gasteiger partial charge on any atom is 0.109 e. The number of aryl methyl sites for hydroxylation is 2. The van der Waals surface area contributed by atoms with Crippen LogP contribution in [-0.4, -0.2) is 9.55 Å². The number of nitrogens with zero attached hydrogens (tertiary/aromatic N) is 2. The Morgan fingerprint density at radius 3 is 2.94 bits per heavy atom. The van der Waals surface area contributed by atoms with Crippen molar-refractivity contribution in [2.24, 2.45) is 0 Å². The van der Waals surface area contributed by atoms with Crippen LogP contribution in [0.25, 0.3) is 11.0 Å². The van der Waals surface area contributed by atoms with Crippen molar-refractivity contribution in [1.82, 2.24) is 9.55 Å². The Hall–Kier alpha value is -0.250. The van der Waals surface area contributed by atoms with Gasteiger partial charge in [-0.15, -0.1) is 0 Å². The number of benzene rings is 1. The molecule has 0 spiro atoms. The van der Waals surface area contributed by atoms with Crippen molar-refractivity contribution < 1.29 is 0 Å². The van der Waals surface area contributed by atoms with Crippen molar-refractivity contribution in [2.75, 3.05) is 0 Å². The molecular weight excluding hydrogens is 311 g/mol. The molecule has 84 valence electrons. The summed E-state index contributed by atoms with van der Waals surface area (Å²) in [6, 6.07) is 1.94. The van der Waals surface area contributed by atoms with E-state index in [0.29, 0.717) is 10.0 Å². The van der Waals surface area contributed by atoms with Crippen LogP contribution < -0.4 is 0 Å². The SMILES string of the molecule is Clc1cc2c(nc3n2CCCC3)c(Cl)c1Br. The number of rotatable bonds is 0. The second kappa shape index (κ2) is 3.90. The number of imidazole rings is 1. The summed E-state index contributed by atoms with van der Waals surface area (Å²) >= 11 is 15.7. The number of halogens is 3.